The van der Waals surface area contributed by atoms with Crippen LogP contribution < -0.4 is 41.5 Å². The van der Waals surface area contributed by atoms with E-state index in [-0.39, 0.29) is 0 Å². The summed E-state index contributed by atoms with van der Waals surface area (Å²) in [5.74, 6) is 0. The Labute approximate surface area is 599 Å². The summed E-state index contributed by atoms with van der Waals surface area (Å²) in [6.45, 7) is 0. The average Bonchev–Trinajstić information content (AvgIpc) is 1.53. The molecule has 0 bridgehead atoms. The number of rotatable bonds is 9. The quantitative estimate of drug-likeness (QED) is 0.128. The van der Waals surface area contributed by atoms with Gasteiger partial charge in [0.05, 0.1) is 22.1 Å². The smallest absolute Gasteiger partial charge is 0.180 e. The van der Waals surface area contributed by atoms with Crippen LogP contribution in [0.15, 0.2) is 364 Å². The first kappa shape index (κ1) is 57.9. The van der Waals surface area contributed by atoms with Crippen LogP contribution in [0.25, 0.3) is 151 Å². The number of hydrogen-bond donors (Lipinski definition) is 0. The van der Waals surface area contributed by atoms with Crippen molar-refractivity contribution in [3.63, 3.8) is 0 Å². The van der Waals surface area contributed by atoms with E-state index < -0.39 is 16.1 Å². The van der Waals surface area contributed by atoms with Crippen molar-refractivity contribution in [1.82, 2.24) is 9.13 Å². The first-order chi connectivity index (χ1) is 50.6. The van der Waals surface area contributed by atoms with Gasteiger partial charge in [-0.1, -0.05) is 279 Å². The fraction of sp³-hybridized carbons (Fsp3) is 0. The molecule has 16 aromatic carbocycles. The van der Waals surface area contributed by atoms with Crippen LogP contribution in [0.4, 0.5) is 0 Å². The summed E-state index contributed by atoms with van der Waals surface area (Å²) in [6.07, 6.45) is 0. The molecule has 2 aliphatic rings. The molecule has 6 heterocycles. The molecule has 2 aliphatic heterocycles. The van der Waals surface area contributed by atoms with Crippen LogP contribution in [0.1, 0.15) is 0 Å². The zero-order valence-corrected chi connectivity index (χ0v) is 59.0. The molecule has 22 rings (SSSR count). The van der Waals surface area contributed by atoms with Crippen molar-refractivity contribution in [3.05, 3.63) is 364 Å². The molecule has 0 fully saturated rings. The maximum absolute atomic E-state index is 2.82. The Morgan fingerprint density at radius 3 is 0.892 bits per heavy atom. The van der Waals surface area contributed by atoms with Crippen LogP contribution in [-0.2, 0) is 0 Å². The number of hydrogen-bond acceptors (Lipinski definition) is 2. The van der Waals surface area contributed by atoms with E-state index in [4.69, 9.17) is 0 Å². The Balaban J connectivity index is 0.775. The first-order valence-electron chi connectivity index (χ1n) is 35.3. The highest BCUT2D eigenvalue weighted by Gasteiger charge is 2.50. The van der Waals surface area contributed by atoms with Gasteiger partial charge in [-0.2, -0.15) is 0 Å². The van der Waals surface area contributed by atoms with Crippen molar-refractivity contribution in [1.29, 1.82) is 0 Å². The Bertz CT molecular complexity index is 6390. The molecule has 0 atom stereocenters. The van der Waals surface area contributed by atoms with Gasteiger partial charge in [-0.25, -0.2) is 0 Å². The topological polar surface area (TPSA) is 9.86 Å². The number of aromatic nitrogens is 2. The third-order valence-corrected chi connectivity index (χ3v) is 34.9. The average molecular weight is 1360 g/mol. The molecule has 0 spiro atoms. The molecule has 6 heteroatoms. The maximum Gasteiger partial charge on any atom is 0.180 e. The summed E-state index contributed by atoms with van der Waals surface area (Å²) in [4.78, 5) is 0. The maximum atomic E-state index is 2.57. The standard InChI is InChI=1S/C96H60N2S2Si2/c1-5-23-67(24-6-1)101(68-25-7-2-8-26-68)91-41-19-15-33-75(91)77-49-47-65(59-93(77)101)97-85-51-43-61(55-81(85)83-57-63(45-53-87(83)97)71-35-21-37-79-73-31-13-17-39-89(73)99-95(71)79)62-44-52-86-82(56-62)84-58-64(72-36-22-38-80-74-32-14-18-40-90(74)100-96(72)80)46-54-88(84)98(86)66-48-50-78-76-34-16-20-42-92(76)102(94(78)60-66,69-27-9-3-10-28-69)70-29-11-4-12-30-70/h1-60H. The Kier molecular flexibility index (Phi) is 12.6. The van der Waals surface area contributed by atoms with Gasteiger partial charge in [-0.05, 0) is 182 Å². The lowest BCUT2D eigenvalue weighted by atomic mass is 9.98. The van der Waals surface area contributed by atoms with Crippen molar-refractivity contribution in [2.75, 3.05) is 0 Å². The van der Waals surface area contributed by atoms with E-state index in [0.717, 1.165) is 11.4 Å². The van der Waals surface area contributed by atoms with E-state index in [1.807, 2.05) is 22.7 Å². The van der Waals surface area contributed by atoms with Gasteiger partial charge in [0.1, 0.15) is 0 Å². The zero-order valence-electron chi connectivity index (χ0n) is 55.4. The summed E-state index contributed by atoms with van der Waals surface area (Å²) in [5, 5.41) is 21.4. The predicted molar refractivity (Wildman–Crippen MR) is 442 cm³/mol. The molecule has 0 aliphatic carbocycles. The largest absolute Gasteiger partial charge is 0.309 e. The molecule has 0 radical (unpaired) electrons. The summed E-state index contributed by atoms with van der Waals surface area (Å²) >= 11 is 3.80. The minimum absolute atomic E-state index is 1.16. The molecular formula is C96H60N2S2Si2. The monoisotopic (exact) mass is 1360 g/mol. The highest BCUT2D eigenvalue weighted by molar-refractivity contribution is 7.27. The molecule has 0 saturated carbocycles. The van der Waals surface area contributed by atoms with Crippen molar-refractivity contribution < 1.29 is 0 Å². The van der Waals surface area contributed by atoms with Crippen molar-refractivity contribution in [2.24, 2.45) is 0 Å². The summed E-state index contributed by atoms with van der Waals surface area (Å²) in [6, 6.07) is 139. The van der Waals surface area contributed by atoms with E-state index in [9.17, 15) is 0 Å². The lowest BCUT2D eigenvalue weighted by Gasteiger charge is -2.31. The SMILES string of the molecule is c1ccc([Si]2(c3ccccc3)c3ccccc3-c3ccc(-n4c5ccc(-c6ccc7c(c6)c6cc(-c8cccc9c8sc8ccccc89)ccc6n7-c6ccc7c(c6)[Si](c6ccccc6)(c6ccccc6)c6ccccc6-7)cc5c5cc(-c6cccc7c6sc6ccccc67)ccc54)cc32)cc1. The van der Waals surface area contributed by atoms with E-state index in [2.05, 4.69) is 373 Å². The number of fused-ring (bicyclic) bond motifs is 18. The van der Waals surface area contributed by atoms with Gasteiger partial charge in [0.2, 0.25) is 0 Å². The van der Waals surface area contributed by atoms with E-state index in [1.54, 1.807) is 0 Å². The second-order valence-corrected chi connectivity index (χ2v) is 37.2. The fourth-order valence-corrected chi connectivity index (χ4v) is 31.3. The predicted octanol–water partition coefficient (Wildman–Crippen LogP) is 20.3. The van der Waals surface area contributed by atoms with Crippen LogP contribution in [-0.4, -0.2) is 25.3 Å². The summed E-state index contributed by atoms with van der Waals surface area (Å²) in [7, 11) is -5.64. The van der Waals surface area contributed by atoms with Crippen molar-refractivity contribution in [2.45, 2.75) is 0 Å². The van der Waals surface area contributed by atoms with E-state index in [0.29, 0.717) is 0 Å². The molecule has 2 nitrogen and oxygen atoms in total. The second-order valence-electron chi connectivity index (χ2n) is 27.7. The van der Waals surface area contributed by atoms with Gasteiger partial charge in [0, 0.05) is 73.3 Å². The number of benzene rings is 16. The Hall–Kier alpha value is -12.0. The number of thiophene rings is 2. The molecule has 102 heavy (non-hydrogen) atoms. The molecular weight excluding hydrogens is 1300 g/mol. The summed E-state index contributed by atoms with van der Waals surface area (Å²) in [5.41, 5.74) is 19.7. The minimum atomic E-state index is -2.82. The van der Waals surface area contributed by atoms with Crippen LogP contribution in [0, 0.1) is 0 Å². The molecule has 4 aromatic heterocycles. The van der Waals surface area contributed by atoms with Gasteiger partial charge in [0.25, 0.3) is 0 Å². The molecule has 0 amide bonds. The van der Waals surface area contributed by atoms with Crippen LogP contribution in [0.2, 0.25) is 0 Å². The number of nitrogens with zero attached hydrogens (tertiary/aromatic N) is 2. The highest BCUT2D eigenvalue weighted by Crippen LogP contribution is 2.47. The van der Waals surface area contributed by atoms with Gasteiger partial charge in [-0.15, -0.1) is 22.7 Å². The van der Waals surface area contributed by atoms with Gasteiger partial charge < -0.3 is 9.13 Å². The fourth-order valence-electron chi connectivity index (χ4n) is 18.4. The van der Waals surface area contributed by atoms with E-state index >= 15 is 0 Å². The third kappa shape index (κ3) is 8.14. The van der Waals surface area contributed by atoms with Gasteiger partial charge in [0.15, 0.2) is 16.1 Å². The molecule has 0 unspecified atom stereocenters. The van der Waals surface area contributed by atoms with Crippen LogP contribution >= 0.6 is 22.7 Å². The van der Waals surface area contributed by atoms with Crippen molar-refractivity contribution in [3.8, 4) is 67.0 Å². The zero-order chi connectivity index (χ0) is 66.8. The van der Waals surface area contributed by atoms with Crippen molar-refractivity contribution >= 4 is 164 Å². The van der Waals surface area contributed by atoms with Gasteiger partial charge in [-0.3, -0.25) is 0 Å². The second kappa shape index (κ2) is 22.2. The first-order valence-corrected chi connectivity index (χ1v) is 40.9. The van der Waals surface area contributed by atoms with Crippen LogP contribution in [0.3, 0.4) is 0 Å². The molecule has 0 saturated heterocycles. The van der Waals surface area contributed by atoms with E-state index in [1.165, 1.54) is 181 Å². The van der Waals surface area contributed by atoms with Crippen LogP contribution in [0.5, 0.6) is 0 Å². The minimum Gasteiger partial charge on any atom is -0.309 e. The Morgan fingerprint density at radius 2 is 0.500 bits per heavy atom. The molecule has 0 N–H and O–H groups in total. The lowest BCUT2D eigenvalue weighted by Crippen LogP contribution is -2.72. The third-order valence-electron chi connectivity index (χ3n) is 22.7. The summed E-state index contributed by atoms with van der Waals surface area (Å²) < 4.78 is 10.4. The molecule has 20 aromatic rings. The normalized spacial score (nSPS) is 13.5. The highest BCUT2D eigenvalue weighted by atomic mass is 32.1. The Morgan fingerprint density at radius 1 is 0.196 bits per heavy atom. The van der Waals surface area contributed by atoms with Gasteiger partial charge >= 0.3 is 0 Å². The lowest BCUT2D eigenvalue weighted by molar-refractivity contribution is 1.18. The molecule has 474 valence electrons.